The topological polar surface area (TPSA) is 61.3 Å². The molecule has 2 aromatic rings. The Morgan fingerprint density at radius 1 is 0.960 bits per heavy atom. The highest BCUT2D eigenvalue weighted by Gasteiger charge is 2.25. The largest absolute Gasteiger partial charge is 0.363 e. The number of aryl methyl sites for hydroxylation is 2. The van der Waals surface area contributed by atoms with Crippen molar-refractivity contribution >= 4 is 17.6 Å². The molecule has 0 N–H and O–H groups in total. The van der Waals surface area contributed by atoms with Gasteiger partial charge in [0.1, 0.15) is 18.0 Å². The number of hydrogen-bond acceptors (Lipinski definition) is 7. The zero-order valence-corrected chi connectivity index (χ0v) is 15.2. The number of rotatable bonds is 3. The quantitative estimate of drug-likeness (QED) is 0.839. The first-order chi connectivity index (χ1) is 12.1. The molecule has 1 fully saturated rings. The average Bonchev–Trinajstić information content (AvgIpc) is 3.10. The molecule has 0 radical (unpaired) electrons. The van der Waals surface area contributed by atoms with E-state index in [9.17, 15) is 0 Å². The second kappa shape index (κ2) is 6.46. The molecular formula is C18H25N7. The second-order valence-electron chi connectivity index (χ2n) is 7.01. The summed E-state index contributed by atoms with van der Waals surface area (Å²) in [6, 6.07) is 2.02. The van der Waals surface area contributed by atoms with Crippen LogP contribution in [0.1, 0.15) is 23.4 Å². The van der Waals surface area contributed by atoms with E-state index in [1.54, 1.807) is 6.33 Å². The highest BCUT2D eigenvalue weighted by atomic mass is 15.3. The van der Waals surface area contributed by atoms with Crippen LogP contribution in [0.5, 0.6) is 0 Å². The molecule has 4 rings (SSSR count). The van der Waals surface area contributed by atoms with E-state index in [0.29, 0.717) is 0 Å². The Morgan fingerprint density at radius 3 is 2.48 bits per heavy atom. The number of nitrogens with zero attached hydrogens (tertiary/aromatic N) is 7. The summed E-state index contributed by atoms with van der Waals surface area (Å²) in [5.74, 6) is 2.93. The maximum absolute atomic E-state index is 4.71. The first-order valence-corrected chi connectivity index (χ1v) is 8.97. The van der Waals surface area contributed by atoms with E-state index in [1.807, 2.05) is 32.0 Å². The Bertz CT molecular complexity index is 766. The van der Waals surface area contributed by atoms with Gasteiger partial charge in [0.25, 0.3) is 0 Å². The Labute approximate surface area is 148 Å². The summed E-state index contributed by atoms with van der Waals surface area (Å²) < 4.78 is 0. The van der Waals surface area contributed by atoms with E-state index in [4.69, 9.17) is 4.98 Å². The predicted octanol–water partition coefficient (Wildman–Crippen LogP) is 1.46. The molecule has 2 aliphatic rings. The summed E-state index contributed by atoms with van der Waals surface area (Å²) in [5.41, 5.74) is 3.60. The van der Waals surface area contributed by atoms with Gasteiger partial charge in [-0.3, -0.25) is 0 Å². The van der Waals surface area contributed by atoms with Gasteiger partial charge in [0, 0.05) is 63.3 Å². The van der Waals surface area contributed by atoms with Gasteiger partial charge >= 0.3 is 0 Å². The lowest BCUT2D eigenvalue weighted by atomic mass is 10.2. The average molecular weight is 339 g/mol. The third-order valence-electron chi connectivity index (χ3n) is 5.00. The minimum atomic E-state index is 0.830. The molecule has 2 aromatic heterocycles. The number of anilines is 3. The number of piperazine rings is 1. The SMILES string of the molecule is Cc1cc(N(C)C)nc(N2CCN(c3ncnc4c3CCC4)CC2)n1. The minimum Gasteiger partial charge on any atom is -0.363 e. The minimum absolute atomic E-state index is 0.830. The van der Waals surface area contributed by atoms with Crippen molar-refractivity contribution in [3.63, 3.8) is 0 Å². The van der Waals surface area contributed by atoms with Crippen LogP contribution in [0.2, 0.25) is 0 Å². The Balaban J connectivity index is 1.50. The Hall–Kier alpha value is -2.44. The van der Waals surface area contributed by atoms with Crippen LogP contribution in [0.3, 0.4) is 0 Å². The van der Waals surface area contributed by atoms with Crippen LogP contribution in [0.4, 0.5) is 17.6 Å². The first-order valence-electron chi connectivity index (χ1n) is 8.97. The normalized spacial score (nSPS) is 16.9. The van der Waals surface area contributed by atoms with Crippen LogP contribution in [-0.2, 0) is 12.8 Å². The van der Waals surface area contributed by atoms with E-state index in [2.05, 4.69) is 24.8 Å². The van der Waals surface area contributed by atoms with E-state index < -0.39 is 0 Å². The molecule has 25 heavy (non-hydrogen) atoms. The fourth-order valence-electron chi connectivity index (χ4n) is 3.64. The molecule has 0 saturated carbocycles. The molecule has 0 unspecified atom stereocenters. The van der Waals surface area contributed by atoms with Crippen LogP contribution >= 0.6 is 0 Å². The zero-order valence-electron chi connectivity index (χ0n) is 15.2. The van der Waals surface area contributed by atoms with Gasteiger partial charge in [-0.15, -0.1) is 0 Å². The molecule has 1 aliphatic heterocycles. The van der Waals surface area contributed by atoms with Crippen LogP contribution in [0.25, 0.3) is 0 Å². The highest BCUT2D eigenvalue weighted by molar-refractivity contribution is 5.52. The Kier molecular flexibility index (Phi) is 4.15. The molecule has 3 heterocycles. The lowest BCUT2D eigenvalue weighted by Crippen LogP contribution is -2.47. The highest BCUT2D eigenvalue weighted by Crippen LogP contribution is 2.28. The summed E-state index contributed by atoms with van der Waals surface area (Å²) >= 11 is 0. The first kappa shape index (κ1) is 16.1. The summed E-state index contributed by atoms with van der Waals surface area (Å²) in [6.07, 6.45) is 5.12. The van der Waals surface area contributed by atoms with Gasteiger partial charge in [-0.2, -0.15) is 4.98 Å². The van der Waals surface area contributed by atoms with E-state index in [1.165, 1.54) is 17.7 Å². The third kappa shape index (κ3) is 3.10. The van der Waals surface area contributed by atoms with Crippen molar-refractivity contribution < 1.29 is 0 Å². The second-order valence-corrected chi connectivity index (χ2v) is 7.01. The summed E-state index contributed by atoms with van der Waals surface area (Å²) in [4.78, 5) is 25.1. The third-order valence-corrected chi connectivity index (χ3v) is 5.00. The molecule has 0 spiro atoms. The molecule has 0 aromatic carbocycles. The van der Waals surface area contributed by atoms with E-state index >= 15 is 0 Å². The van der Waals surface area contributed by atoms with Crippen molar-refractivity contribution in [1.82, 2.24) is 19.9 Å². The van der Waals surface area contributed by atoms with Crippen LogP contribution in [-0.4, -0.2) is 60.2 Å². The fraction of sp³-hybridized carbons (Fsp3) is 0.556. The van der Waals surface area contributed by atoms with Crippen molar-refractivity contribution in [3.05, 3.63) is 29.3 Å². The van der Waals surface area contributed by atoms with Crippen molar-refractivity contribution in [2.75, 3.05) is 55.0 Å². The summed E-state index contributed by atoms with van der Waals surface area (Å²) in [5, 5.41) is 0. The number of aromatic nitrogens is 4. The maximum atomic E-state index is 4.71. The van der Waals surface area contributed by atoms with Crippen LogP contribution in [0, 0.1) is 6.92 Å². The molecule has 1 saturated heterocycles. The van der Waals surface area contributed by atoms with E-state index in [-0.39, 0.29) is 0 Å². The van der Waals surface area contributed by atoms with Gasteiger partial charge in [-0.05, 0) is 26.2 Å². The molecule has 1 aliphatic carbocycles. The smallest absolute Gasteiger partial charge is 0.227 e. The van der Waals surface area contributed by atoms with Crippen molar-refractivity contribution in [3.8, 4) is 0 Å². The van der Waals surface area contributed by atoms with Gasteiger partial charge in [-0.1, -0.05) is 0 Å². The molecule has 0 bridgehead atoms. The Morgan fingerprint density at radius 2 is 1.72 bits per heavy atom. The lowest BCUT2D eigenvalue weighted by Gasteiger charge is -2.36. The van der Waals surface area contributed by atoms with Crippen LogP contribution in [0.15, 0.2) is 12.4 Å². The van der Waals surface area contributed by atoms with Gasteiger partial charge in [0.15, 0.2) is 0 Å². The van der Waals surface area contributed by atoms with Gasteiger partial charge in [0.2, 0.25) is 5.95 Å². The lowest BCUT2D eigenvalue weighted by molar-refractivity contribution is 0.630. The van der Waals surface area contributed by atoms with Crippen molar-refractivity contribution in [1.29, 1.82) is 0 Å². The number of hydrogen-bond donors (Lipinski definition) is 0. The van der Waals surface area contributed by atoms with Gasteiger partial charge < -0.3 is 14.7 Å². The summed E-state index contributed by atoms with van der Waals surface area (Å²) in [6.45, 7) is 5.74. The molecule has 0 atom stereocenters. The van der Waals surface area contributed by atoms with Crippen molar-refractivity contribution in [2.24, 2.45) is 0 Å². The predicted molar refractivity (Wildman–Crippen MR) is 99.6 cm³/mol. The van der Waals surface area contributed by atoms with Crippen LogP contribution < -0.4 is 14.7 Å². The molecule has 0 amide bonds. The fourth-order valence-corrected chi connectivity index (χ4v) is 3.64. The van der Waals surface area contributed by atoms with Gasteiger partial charge in [0.05, 0.1) is 0 Å². The summed E-state index contributed by atoms with van der Waals surface area (Å²) in [7, 11) is 4.03. The maximum Gasteiger partial charge on any atom is 0.227 e. The standard InChI is InChI=1S/C18H25N7/c1-13-11-16(23(2)3)22-18(21-13)25-9-7-24(8-10-25)17-14-5-4-6-15(14)19-12-20-17/h11-12H,4-10H2,1-3H3. The van der Waals surface area contributed by atoms with Gasteiger partial charge in [-0.25, -0.2) is 15.0 Å². The number of fused-ring (bicyclic) bond motifs is 1. The molecule has 7 nitrogen and oxygen atoms in total. The monoisotopic (exact) mass is 339 g/mol. The molecule has 132 valence electrons. The van der Waals surface area contributed by atoms with E-state index in [0.717, 1.165) is 62.3 Å². The molecular weight excluding hydrogens is 314 g/mol. The molecule has 7 heteroatoms. The van der Waals surface area contributed by atoms with Crippen molar-refractivity contribution in [2.45, 2.75) is 26.2 Å². The zero-order chi connectivity index (χ0) is 17.4.